The third-order valence-corrected chi connectivity index (χ3v) is 4.73. The molecule has 0 aliphatic carbocycles. The van der Waals surface area contributed by atoms with Crippen LogP contribution in [0.2, 0.25) is 0 Å². The van der Waals surface area contributed by atoms with Crippen molar-refractivity contribution in [1.82, 2.24) is 19.7 Å². The number of rotatable bonds is 0. The fourth-order valence-electron chi connectivity index (χ4n) is 3.49. The summed E-state index contributed by atoms with van der Waals surface area (Å²) in [5.74, 6) is 1.31. The molecule has 1 fully saturated rings. The Bertz CT molecular complexity index is 737. The summed E-state index contributed by atoms with van der Waals surface area (Å²) in [5, 5.41) is 14.2. The Morgan fingerprint density at radius 2 is 1.91 bits per heavy atom. The number of phenolic OH excluding ortho intramolecular Hbond substituents is 1. The highest BCUT2D eigenvalue weighted by molar-refractivity contribution is 5.81. The third-order valence-electron chi connectivity index (χ3n) is 4.73. The molecular weight excluding hydrogens is 276 g/mol. The molecule has 1 saturated heterocycles. The third kappa shape index (κ3) is 2.22. The number of hydrogen-bond donors (Lipinski definition) is 1. The molecule has 1 N–H and O–H groups in total. The molecule has 5 nitrogen and oxygen atoms in total. The number of nitrogens with zero attached hydrogens (tertiary/aromatic N) is 4. The number of hydrogen-bond acceptors (Lipinski definition) is 4. The van der Waals surface area contributed by atoms with Crippen LogP contribution < -0.4 is 0 Å². The van der Waals surface area contributed by atoms with Crippen molar-refractivity contribution in [1.29, 1.82) is 0 Å². The van der Waals surface area contributed by atoms with Gasteiger partial charge in [0.15, 0.2) is 5.82 Å². The molecule has 0 unspecified atom stereocenters. The Hall–Kier alpha value is -2.14. The van der Waals surface area contributed by atoms with Crippen LogP contribution in [0.15, 0.2) is 30.1 Å². The molecule has 0 spiro atoms. The van der Waals surface area contributed by atoms with Gasteiger partial charge in [-0.25, -0.2) is 9.67 Å². The molecule has 5 heteroatoms. The Balaban J connectivity index is 1.92. The highest BCUT2D eigenvalue weighted by atomic mass is 16.3. The fraction of sp³-hybridized carbons (Fsp3) is 0.412. The Labute approximate surface area is 129 Å². The van der Waals surface area contributed by atoms with Gasteiger partial charge < -0.3 is 10.0 Å². The number of likely N-dealkylation sites (tertiary alicyclic amines) is 1. The molecule has 0 radical (unpaired) electrons. The summed E-state index contributed by atoms with van der Waals surface area (Å²) in [7, 11) is 2.17. The Kier molecular flexibility index (Phi) is 3.22. The fourth-order valence-corrected chi connectivity index (χ4v) is 3.49. The highest BCUT2D eigenvalue weighted by Crippen LogP contribution is 2.36. The molecule has 1 aromatic heterocycles. The van der Waals surface area contributed by atoms with Gasteiger partial charge in [-0.3, -0.25) is 0 Å². The van der Waals surface area contributed by atoms with Gasteiger partial charge >= 0.3 is 0 Å². The zero-order valence-electron chi connectivity index (χ0n) is 12.8. The summed E-state index contributed by atoms with van der Waals surface area (Å²) in [4.78, 5) is 6.90. The van der Waals surface area contributed by atoms with E-state index in [0.717, 1.165) is 44.7 Å². The van der Waals surface area contributed by atoms with E-state index in [-0.39, 0.29) is 0 Å². The van der Waals surface area contributed by atoms with Crippen LogP contribution in [0.1, 0.15) is 29.8 Å². The number of piperidine rings is 1. The first-order chi connectivity index (χ1) is 10.7. The molecule has 1 aromatic carbocycles. The zero-order chi connectivity index (χ0) is 15.1. The van der Waals surface area contributed by atoms with E-state index < -0.39 is 0 Å². The van der Waals surface area contributed by atoms with Gasteiger partial charge in [0.2, 0.25) is 0 Å². The number of aryl methyl sites for hydroxylation is 2. The van der Waals surface area contributed by atoms with Gasteiger partial charge in [0.1, 0.15) is 12.1 Å². The van der Waals surface area contributed by atoms with Gasteiger partial charge in [-0.2, -0.15) is 5.10 Å². The van der Waals surface area contributed by atoms with Crippen molar-refractivity contribution in [2.75, 3.05) is 20.1 Å². The smallest absolute Gasteiger partial charge is 0.158 e. The lowest BCUT2D eigenvalue weighted by Gasteiger charge is -2.26. The van der Waals surface area contributed by atoms with Crippen LogP contribution in [0.4, 0.5) is 0 Å². The monoisotopic (exact) mass is 296 g/mol. The Morgan fingerprint density at radius 3 is 2.73 bits per heavy atom. The predicted molar refractivity (Wildman–Crippen MR) is 84.6 cm³/mol. The van der Waals surface area contributed by atoms with Crippen molar-refractivity contribution in [3.05, 3.63) is 47.1 Å². The van der Waals surface area contributed by atoms with E-state index in [9.17, 15) is 5.11 Å². The van der Waals surface area contributed by atoms with E-state index in [2.05, 4.69) is 22.0 Å². The van der Waals surface area contributed by atoms with Crippen molar-refractivity contribution in [2.45, 2.75) is 25.8 Å². The van der Waals surface area contributed by atoms with E-state index in [1.54, 1.807) is 12.4 Å². The number of aromatic nitrogens is 3. The number of phenols is 1. The lowest BCUT2D eigenvalue weighted by Crippen LogP contribution is -2.27. The maximum atomic E-state index is 9.82. The van der Waals surface area contributed by atoms with Crippen molar-refractivity contribution in [3.8, 4) is 5.75 Å². The molecule has 0 atom stereocenters. The quantitative estimate of drug-likeness (QED) is 0.808. The first kappa shape index (κ1) is 13.5. The molecule has 2 aliphatic rings. The predicted octanol–water partition coefficient (Wildman–Crippen LogP) is 2.07. The highest BCUT2D eigenvalue weighted by Gasteiger charge is 2.25. The molecule has 0 saturated carbocycles. The normalized spacial score (nSPS) is 18.8. The van der Waals surface area contributed by atoms with Crippen LogP contribution in [-0.4, -0.2) is 44.9 Å². The minimum atomic E-state index is 0.332. The second-order valence-corrected chi connectivity index (χ2v) is 6.18. The number of fused-ring (bicyclic) bond motifs is 2. The first-order valence-electron chi connectivity index (χ1n) is 7.83. The lowest BCUT2D eigenvalue weighted by molar-refractivity contribution is 0.313. The maximum absolute atomic E-state index is 9.82. The minimum absolute atomic E-state index is 0.332. The SMILES string of the molecule is CN1CCC(=C2c3ccc(O)cc3CCn3ncnc32)CC1. The number of benzene rings is 1. The van der Waals surface area contributed by atoms with Gasteiger partial charge in [-0.05, 0) is 49.6 Å². The van der Waals surface area contributed by atoms with E-state index in [1.807, 2.05) is 16.8 Å². The van der Waals surface area contributed by atoms with Crippen molar-refractivity contribution < 1.29 is 5.11 Å². The second kappa shape index (κ2) is 5.25. The van der Waals surface area contributed by atoms with Crippen LogP contribution in [0.25, 0.3) is 5.57 Å². The topological polar surface area (TPSA) is 54.2 Å². The minimum Gasteiger partial charge on any atom is -0.508 e. The molecule has 0 bridgehead atoms. The second-order valence-electron chi connectivity index (χ2n) is 6.18. The average Bonchev–Trinajstić information content (AvgIpc) is 2.92. The molecule has 0 amide bonds. The van der Waals surface area contributed by atoms with Crippen molar-refractivity contribution >= 4 is 5.57 Å². The summed E-state index contributed by atoms with van der Waals surface area (Å²) in [5.41, 5.74) is 5.09. The first-order valence-corrected chi connectivity index (χ1v) is 7.83. The molecule has 2 aromatic rings. The molecule has 4 rings (SSSR count). The summed E-state index contributed by atoms with van der Waals surface area (Å²) >= 11 is 0. The standard InChI is InChI=1S/C17H20N4O/c1-20-7-4-12(5-8-20)16-15-3-2-14(22)10-13(15)6-9-21-17(16)18-11-19-21/h2-3,10-11,22H,4-9H2,1H3. The lowest BCUT2D eigenvalue weighted by atomic mass is 9.90. The van der Waals surface area contributed by atoms with E-state index in [0.29, 0.717) is 5.75 Å². The van der Waals surface area contributed by atoms with Crippen LogP contribution in [0.3, 0.4) is 0 Å². The van der Waals surface area contributed by atoms with Gasteiger partial charge in [0, 0.05) is 25.2 Å². The maximum Gasteiger partial charge on any atom is 0.158 e. The largest absolute Gasteiger partial charge is 0.508 e. The van der Waals surface area contributed by atoms with Crippen LogP contribution in [0, 0.1) is 0 Å². The van der Waals surface area contributed by atoms with Gasteiger partial charge in [-0.15, -0.1) is 0 Å². The van der Waals surface area contributed by atoms with Crippen LogP contribution >= 0.6 is 0 Å². The molecule has 3 heterocycles. The summed E-state index contributed by atoms with van der Waals surface area (Å²) in [6.45, 7) is 2.98. The summed E-state index contributed by atoms with van der Waals surface area (Å²) in [6, 6.07) is 5.70. The zero-order valence-corrected chi connectivity index (χ0v) is 12.8. The molecule has 22 heavy (non-hydrogen) atoms. The Morgan fingerprint density at radius 1 is 1.09 bits per heavy atom. The van der Waals surface area contributed by atoms with E-state index in [4.69, 9.17) is 0 Å². The van der Waals surface area contributed by atoms with Gasteiger partial charge in [0.25, 0.3) is 0 Å². The summed E-state index contributed by atoms with van der Waals surface area (Å²) in [6.07, 6.45) is 4.66. The van der Waals surface area contributed by atoms with Gasteiger partial charge in [0.05, 0.1) is 0 Å². The van der Waals surface area contributed by atoms with Gasteiger partial charge in [-0.1, -0.05) is 11.6 Å². The van der Waals surface area contributed by atoms with Crippen LogP contribution in [-0.2, 0) is 13.0 Å². The van der Waals surface area contributed by atoms with Crippen LogP contribution in [0.5, 0.6) is 5.75 Å². The van der Waals surface area contributed by atoms with Crippen molar-refractivity contribution in [3.63, 3.8) is 0 Å². The van der Waals surface area contributed by atoms with E-state index in [1.165, 1.54) is 22.3 Å². The van der Waals surface area contributed by atoms with Crippen molar-refractivity contribution in [2.24, 2.45) is 0 Å². The molecule has 114 valence electrons. The summed E-state index contributed by atoms with van der Waals surface area (Å²) < 4.78 is 2.00. The number of aromatic hydroxyl groups is 1. The average molecular weight is 296 g/mol. The van der Waals surface area contributed by atoms with E-state index >= 15 is 0 Å². The molecule has 2 aliphatic heterocycles. The molecular formula is C17H20N4O.